The predicted octanol–water partition coefficient (Wildman–Crippen LogP) is 4.68. The molecule has 0 aliphatic rings. The molecule has 3 rings (SSSR count). The number of nitrogens with zero attached hydrogens (tertiary/aromatic N) is 1. The van der Waals surface area contributed by atoms with E-state index in [1.54, 1.807) is 31.2 Å². The summed E-state index contributed by atoms with van der Waals surface area (Å²) in [6, 6.07) is 16.7. The Hall–Kier alpha value is -2.64. The Bertz CT molecular complexity index is 893. The molecule has 1 heterocycles. The summed E-state index contributed by atoms with van der Waals surface area (Å²) in [5, 5.41) is 5.12. The number of rotatable bonds is 5. The van der Waals surface area contributed by atoms with Crippen LogP contribution in [0.2, 0.25) is 5.15 Å². The van der Waals surface area contributed by atoms with E-state index in [1.807, 2.05) is 35.7 Å². The molecular formula is C17H17ClN3O3S+. The van der Waals surface area contributed by atoms with Gasteiger partial charge in [0.2, 0.25) is 10.3 Å². The number of ether oxygens (including phenoxy) is 1. The maximum atomic E-state index is 12.1. The van der Waals surface area contributed by atoms with Crippen molar-refractivity contribution < 1.29 is 14.4 Å². The third-order valence-corrected chi connectivity index (χ3v) is 5.12. The third kappa shape index (κ3) is 4.26. The molecule has 3 aromatic rings. The smallest absolute Gasteiger partial charge is 0.342 e. The number of hydrogen-bond acceptors (Lipinski definition) is 3. The minimum atomic E-state index is -0.484. The highest BCUT2D eigenvalue weighted by molar-refractivity contribution is 7.33. The summed E-state index contributed by atoms with van der Waals surface area (Å²) in [4.78, 5) is 20.2. The van der Waals surface area contributed by atoms with Crippen LogP contribution in [-0.4, -0.2) is 27.1 Å². The molecule has 0 amide bonds. The summed E-state index contributed by atoms with van der Waals surface area (Å²) >= 11 is 6.18. The van der Waals surface area contributed by atoms with Crippen LogP contribution in [-0.2, 0) is 4.74 Å². The first kappa shape index (κ1) is 17.2. The molecule has 0 radical (unpaired) electrons. The van der Waals surface area contributed by atoms with Gasteiger partial charge in [-0.15, -0.1) is 0 Å². The van der Waals surface area contributed by atoms with Crippen LogP contribution >= 0.6 is 22.3 Å². The van der Waals surface area contributed by atoms with Gasteiger partial charge in [-0.25, -0.2) is 9.89 Å². The maximum Gasteiger partial charge on any atom is 0.342 e. The molecule has 0 bridgehead atoms. The van der Waals surface area contributed by atoms with Crippen LogP contribution in [0.5, 0.6) is 5.75 Å². The van der Waals surface area contributed by atoms with E-state index in [2.05, 4.69) is 9.59 Å². The van der Waals surface area contributed by atoms with Crippen LogP contribution in [0.3, 0.4) is 0 Å². The molecule has 130 valence electrons. The predicted molar refractivity (Wildman–Crippen MR) is 98.0 cm³/mol. The number of benzene rings is 2. The van der Waals surface area contributed by atoms with E-state index < -0.39 is 16.6 Å². The quantitative estimate of drug-likeness (QED) is 0.500. The SMILES string of the molecule is CCOC(=O)c1ccccc1On1[nH]c(Cl)c[s+](-c2ccccc2)[nH]1. The minimum absolute atomic E-state index is 0.291. The Morgan fingerprint density at radius 2 is 1.88 bits per heavy atom. The monoisotopic (exact) mass is 378 g/mol. The number of aromatic amines is 2. The Labute approximate surface area is 152 Å². The molecule has 0 fully saturated rings. The molecule has 25 heavy (non-hydrogen) atoms. The molecule has 1 unspecified atom stereocenters. The first-order valence-corrected chi connectivity index (χ1v) is 9.26. The number of para-hydroxylation sites is 1. The molecule has 0 aliphatic heterocycles. The van der Waals surface area contributed by atoms with Gasteiger partial charge in [-0.3, -0.25) is 0 Å². The number of hydrogen-bond donors (Lipinski definition) is 2. The Balaban J connectivity index is 1.94. The zero-order chi connectivity index (χ0) is 17.6. The molecule has 2 aromatic carbocycles. The molecule has 0 aliphatic carbocycles. The third-order valence-electron chi connectivity index (χ3n) is 3.18. The number of carbonyl (C=O) groups excluding carboxylic acids is 1. The van der Waals surface area contributed by atoms with Crippen molar-refractivity contribution in [2.75, 3.05) is 6.61 Å². The number of halogens is 1. The van der Waals surface area contributed by atoms with Crippen LogP contribution in [0, 0.1) is 0 Å². The lowest BCUT2D eigenvalue weighted by atomic mass is 10.2. The van der Waals surface area contributed by atoms with Gasteiger partial charge in [-0.2, -0.15) is 0 Å². The van der Waals surface area contributed by atoms with Crippen LogP contribution < -0.4 is 4.84 Å². The van der Waals surface area contributed by atoms with Crippen LogP contribution in [0.15, 0.2) is 60.0 Å². The molecule has 1 atom stereocenters. The van der Waals surface area contributed by atoms with Crippen molar-refractivity contribution in [2.24, 2.45) is 0 Å². The summed E-state index contributed by atoms with van der Waals surface area (Å²) in [6.07, 6.45) is 0. The fourth-order valence-electron chi connectivity index (χ4n) is 2.12. The van der Waals surface area contributed by atoms with Gasteiger partial charge in [0.25, 0.3) is 0 Å². The van der Waals surface area contributed by atoms with Crippen molar-refractivity contribution in [3.8, 4) is 10.6 Å². The molecule has 6 nitrogen and oxygen atoms in total. The van der Waals surface area contributed by atoms with E-state index in [9.17, 15) is 4.79 Å². The van der Waals surface area contributed by atoms with Crippen molar-refractivity contribution >= 4 is 28.2 Å². The van der Waals surface area contributed by atoms with Crippen molar-refractivity contribution in [1.29, 1.82) is 0 Å². The lowest BCUT2D eigenvalue weighted by Crippen LogP contribution is -2.16. The Morgan fingerprint density at radius 3 is 2.64 bits per heavy atom. The summed E-state index contributed by atoms with van der Waals surface area (Å²) < 4.78 is 8.22. The Kier molecular flexibility index (Phi) is 5.47. The number of nitrogens with one attached hydrogen (secondary N) is 2. The van der Waals surface area contributed by atoms with Crippen molar-refractivity contribution in [1.82, 2.24) is 14.5 Å². The van der Waals surface area contributed by atoms with Gasteiger partial charge in [-0.05, 0) is 24.0 Å². The van der Waals surface area contributed by atoms with Gasteiger partial charge in [0.15, 0.2) is 10.9 Å². The molecule has 0 saturated carbocycles. The molecule has 0 saturated heterocycles. The topological polar surface area (TPSA) is 72.0 Å². The summed E-state index contributed by atoms with van der Waals surface area (Å²) in [5.41, 5.74) is 0.332. The zero-order valence-electron chi connectivity index (χ0n) is 13.4. The minimum Gasteiger partial charge on any atom is -0.462 e. The van der Waals surface area contributed by atoms with Gasteiger partial charge >= 0.3 is 5.97 Å². The second kappa shape index (κ2) is 7.96. The van der Waals surface area contributed by atoms with Gasteiger partial charge in [0.1, 0.15) is 16.2 Å². The zero-order valence-corrected chi connectivity index (χ0v) is 15.0. The highest BCUT2D eigenvalue weighted by Crippen LogP contribution is 2.28. The van der Waals surface area contributed by atoms with Gasteiger partial charge < -0.3 is 9.57 Å². The lowest BCUT2D eigenvalue weighted by molar-refractivity contribution is 0.0513. The van der Waals surface area contributed by atoms with Crippen LogP contribution in [0.4, 0.5) is 0 Å². The van der Waals surface area contributed by atoms with E-state index >= 15 is 0 Å². The molecule has 2 N–H and O–H groups in total. The molecule has 1 aromatic heterocycles. The Morgan fingerprint density at radius 1 is 1.16 bits per heavy atom. The molecule has 8 heteroatoms. The number of carbonyl (C=O) groups is 1. The van der Waals surface area contributed by atoms with Crippen LogP contribution in [0.25, 0.3) is 4.90 Å². The van der Waals surface area contributed by atoms with E-state index in [0.717, 1.165) is 4.90 Å². The lowest BCUT2D eigenvalue weighted by Gasteiger charge is -2.10. The summed E-state index contributed by atoms with van der Waals surface area (Å²) in [6.45, 7) is 2.05. The maximum absolute atomic E-state index is 12.1. The average molecular weight is 379 g/mol. The standard InChI is InChI=1S/C17H17ClN3O3S/c1-2-23-17(22)14-10-6-7-11-15(14)24-21-19-16(18)12-25(20-21)13-8-4-3-5-9-13/h3-12,19-20H,2H2,1H3/q+1. The molecule has 0 spiro atoms. The summed E-state index contributed by atoms with van der Waals surface area (Å²) in [5.74, 6) is -0.0947. The first-order chi connectivity index (χ1) is 12.2. The second-order valence-corrected chi connectivity index (χ2v) is 6.89. The van der Waals surface area contributed by atoms with E-state index in [4.69, 9.17) is 21.2 Å². The van der Waals surface area contributed by atoms with Gasteiger partial charge in [0, 0.05) is 12.1 Å². The van der Waals surface area contributed by atoms with E-state index in [0.29, 0.717) is 23.1 Å². The normalized spacial score (nSPS) is 11.0. The van der Waals surface area contributed by atoms with Gasteiger partial charge in [0.05, 0.1) is 6.61 Å². The fraction of sp³-hybridized carbons (Fsp3) is 0.118. The van der Waals surface area contributed by atoms with Gasteiger partial charge in [-0.1, -0.05) is 46.4 Å². The largest absolute Gasteiger partial charge is 0.462 e. The van der Waals surface area contributed by atoms with E-state index in [-0.39, 0.29) is 0 Å². The highest BCUT2D eigenvalue weighted by Gasteiger charge is 2.16. The number of esters is 1. The molecular weight excluding hydrogens is 362 g/mol. The summed E-state index contributed by atoms with van der Waals surface area (Å²) in [7, 11) is -0.484. The van der Waals surface area contributed by atoms with E-state index in [1.165, 1.54) is 4.96 Å². The van der Waals surface area contributed by atoms with Crippen molar-refractivity contribution in [3.63, 3.8) is 0 Å². The number of aromatic nitrogens is 3. The van der Waals surface area contributed by atoms with Crippen molar-refractivity contribution in [3.05, 3.63) is 70.7 Å². The van der Waals surface area contributed by atoms with Crippen LogP contribution in [0.1, 0.15) is 17.3 Å². The number of H-pyrrole nitrogens is 2. The average Bonchev–Trinajstić information content (AvgIpc) is 2.62. The highest BCUT2D eigenvalue weighted by atomic mass is 35.5. The fourth-order valence-corrected chi connectivity index (χ4v) is 3.73. The van der Waals surface area contributed by atoms with Crippen molar-refractivity contribution in [2.45, 2.75) is 6.92 Å². The first-order valence-electron chi connectivity index (χ1n) is 7.60. The second-order valence-electron chi connectivity index (χ2n) is 4.92.